The largest absolute Gasteiger partial charge is 0.497 e. The van der Waals surface area contributed by atoms with Crippen LogP contribution in [0.5, 0.6) is 5.75 Å². The van der Waals surface area contributed by atoms with E-state index in [1.165, 1.54) is 7.11 Å². The predicted molar refractivity (Wildman–Crippen MR) is 79.7 cm³/mol. The molecule has 2 rings (SSSR count). The molecule has 22 heavy (non-hydrogen) atoms. The fourth-order valence-electron chi connectivity index (χ4n) is 1.85. The van der Waals surface area contributed by atoms with Gasteiger partial charge in [0.2, 0.25) is 0 Å². The molecule has 1 N–H and O–H groups in total. The summed E-state index contributed by atoms with van der Waals surface area (Å²) in [7, 11) is 1.53. The lowest BCUT2D eigenvalue weighted by Gasteiger charge is -2.10. The molecule has 0 saturated carbocycles. The van der Waals surface area contributed by atoms with Gasteiger partial charge in [0.25, 0.3) is 0 Å². The van der Waals surface area contributed by atoms with Crippen LogP contribution in [0.25, 0.3) is 0 Å². The molecule has 0 aromatic heterocycles. The zero-order chi connectivity index (χ0) is 15.9. The van der Waals surface area contributed by atoms with Crippen molar-refractivity contribution in [1.29, 1.82) is 0 Å². The summed E-state index contributed by atoms with van der Waals surface area (Å²) in [5.41, 5.74) is 0.826. The van der Waals surface area contributed by atoms with Crippen molar-refractivity contribution in [2.24, 2.45) is 0 Å². The molecule has 1 unspecified atom stereocenters. The first-order chi connectivity index (χ1) is 10.6. The third-order valence-corrected chi connectivity index (χ3v) is 3.10. The SMILES string of the molecule is COc1ccc(C(=O)COC(=O)C(O)c2ccccc2)cc1. The quantitative estimate of drug-likeness (QED) is 0.653. The molecule has 2 aromatic carbocycles. The first kappa shape index (κ1) is 15.7. The zero-order valence-corrected chi connectivity index (χ0v) is 12.1. The molecule has 0 saturated heterocycles. The fraction of sp³-hybridized carbons (Fsp3) is 0.176. The van der Waals surface area contributed by atoms with Crippen molar-refractivity contribution >= 4 is 11.8 Å². The number of hydrogen-bond acceptors (Lipinski definition) is 5. The maximum absolute atomic E-state index is 11.9. The lowest BCUT2D eigenvalue weighted by molar-refractivity contribution is -0.152. The maximum atomic E-state index is 11.9. The third-order valence-electron chi connectivity index (χ3n) is 3.10. The number of aliphatic hydroxyl groups is 1. The number of methoxy groups -OCH3 is 1. The standard InChI is InChI=1S/C17H16O5/c1-21-14-9-7-12(8-10-14)15(18)11-22-17(20)16(19)13-5-3-2-4-6-13/h2-10,16,19H,11H2,1H3. The predicted octanol–water partition coefficient (Wildman–Crippen LogP) is 2.15. The molecule has 0 aliphatic heterocycles. The average Bonchev–Trinajstić information content (AvgIpc) is 2.59. The van der Waals surface area contributed by atoms with Crippen LogP contribution in [-0.2, 0) is 9.53 Å². The van der Waals surface area contributed by atoms with Crippen LogP contribution in [-0.4, -0.2) is 30.6 Å². The minimum atomic E-state index is -1.40. The Morgan fingerprint density at radius 1 is 1.05 bits per heavy atom. The summed E-state index contributed by atoms with van der Waals surface area (Å²) in [6.07, 6.45) is -1.40. The summed E-state index contributed by atoms with van der Waals surface area (Å²) in [4.78, 5) is 23.6. The molecule has 2 aromatic rings. The first-order valence-electron chi connectivity index (χ1n) is 6.68. The fourth-order valence-corrected chi connectivity index (χ4v) is 1.85. The molecule has 0 aliphatic rings. The zero-order valence-electron chi connectivity index (χ0n) is 12.1. The van der Waals surface area contributed by atoms with Gasteiger partial charge in [-0.15, -0.1) is 0 Å². The summed E-state index contributed by atoms with van der Waals surface area (Å²) in [5.74, 6) is -0.572. The number of carbonyl (C=O) groups is 2. The van der Waals surface area contributed by atoms with Crippen molar-refractivity contribution in [1.82, 2.24) is 0 Å². The van der Waals surface area contributed by atoms with Gasteiger partial charge in [-0.25, -0.2) is 4.79 Å². The average molecular weight is 300 g/mol. The number of esters is 1. The van der Waals surface area contributed by atoms with Crippen LogP contribution in [0.15, 0.2) is 54.6 Å². The van der Waals surface area contributed by atoms with Crippen molar-refractivity contribution in [3.8, 4) is 5.75 Å². The second-order valence-electron chi connectivity index (χ2n) is 4.57. The van der Waals surface area contributed by atoms with E-state index < -0.39 is 18.7 Å². The summed E-state index contributed by atoms with van der Waals surface area (Å²) < 4.78 is 9.86. The van der Waals surface area contributed by atoms with Crippen LogP contribution < -0.4 is 4.74 Å². The van der Waals surface area contributed by atoms with E-state index in [1.807, 2.05) is 0 Å². The van der Waals surface area contributed by atoms with E-state index in [9.17, 15) is 14.7 Å². The van der Waals surface area contributed by atoms with Crippen LogP contribution in [0.1, 0.15) is 22.0 Å². The Morgan fingerprint density at radius 2 is 1.68 bits per heavy atom. The summed E-state index contributed by atoms with van der Waals surface area (Å²) in [6, 6.07) is 14.9. The molecule has 0 amide bonds. The monoisotopic (exact) mass is 300 g/mol. The Labute approximate surface area is 128 Å². The Balaban J connectivity index is 1.91. The number of benzene rings is 2. The Kier molecular flexibility index (Phi) is 5.27. The molecule has 5 heteroatoms. The van der Waals surface area contributed by atoms with Gasteiger partial charge in [-0.1, -0.05) is 30.3 Å². The number of ketones is 1. The van der Waals surface area contributed by atoms with Gasteiger partial charge in [-0.05, 0) is 29.8 Å². The van der Waals surface area contributed by atoms with E-state index in [0.717, 1.165) is 0 Å². The van der Waals surface area contributed by atoms with E-state index >= 15 is 0 Å². The number of aliphatic hydroxyl groups excluding tert-OH is 1. The van der Waals surface area contributed by atoms with E-state index in [2.05, 4.69) is 0 Å². The second kappa shape index (κ2) is 7.38. The number of carbonyl (C=O) groups excluding carboxylic acids is 2. The molecular weight excluding hydrogens is 284 g/mol. The second-order valence-corrected chi connectivity index (χ2v) is 4.57. The van der Waals surface area contributed by atoms with Gasteiger partial charge in [0.1, 0.15) is 5.75 Å². The molecular formula is C17H16O5. The van der Waals surface area contributed by atoms with Crippen LogP contribution in [0, 0.1) is 0 Å². The van der Waals surface area contributed by atoms with Gasteiger partial charge in [0.05, 0.1) is 7.11 Å². The van der Waals surface area contributed by atoms with Gasteiger partial charge >= 0.3 is 5.97 Å². The normalized spacial score (nSPS) is 11.5. The molecule has 0 aliphatic carbocycles. The van der Waals surface area contributed by atoms with Crippen molar-refractivity contribution in [2.45, 2.75) is 6.10 Å². The highest BCUT2D eigenvalue weighted by Crippen LogP contribution is 2.15. The van der Waals surface area contributed by atoms with Gasteiger partial charge in [-0.2, -0.15) is 0 Å². The van der Waals surface area contributed by atoms with E-state index in [0.29, 0.717) is 16.9 Å². The lowest BCUT2D eigenvalue weighted by Crippen LogP contribution is -2.20. The topological polar surface area (TPSA) is 72.8 Å². The summed E-state index contributed by atoms with van der Waals surface area (Å²) in [5, 5.41) is 9.84. The maximum Gasteiger partial charge on any atom is 0.340 e. The minimum absolute atomic E-state index is 0.351. The van der Waals surface area contributed by atoms with E-state index in [4.69, 9.17) is 9.47 Å². The number of Topliss-reactive ketones (excluding diaryl/α,β-unsaturated/α-hetero) is 1. The van der Waals surface area contributed by atoms with Crippen molar-refractivity contribution < 1.29 is 24.2 Å². The lowest BCUT2D eigenvalue weighted by atomic mass is 10.1. The van der Waals surface area contributed by atoms with Gasteiger partial charge in [0, 0.05) is 5.56 Å². The highest BCUT2D eigenvalue weighted by atomic mass is 16.5. The number of ether oxygens (including phenoxy) is 2. The Morgan fingerprint density at radius 3 is 2.27 bits per heavy atom. The Bertz CT molecular complexity index is 634. The van der Waals surface area contributed by atoms with E-state index in [1.54, 1.807) is 54.6 Å². The Hall–Kier alpha value is -2.66. The molecule has 0 bridgehead atoms. The van der Waals surface area contributed by atoms with Crippen LogP contribution in [0.3, 0.4) is 0 Å². The van der Waals surface area contributed by atoms with Crippen LogP contribution >= 0.6 is 0 Å². The van der Waals surface area contributed by atoms with Crippen molar-refractivity contribution in [3.63, 3.8) is 0 Å². The van der Waals surface area contributed by atoms with Crippen molar-refractivity contribution in [3.05, 3.63) is 65.7 Å². The number of rotatable bonds is 6. The number of hydrogen-bond donors (Lipinski definition) is 1. The molecule has 0 spiro atoms. The smallest absolute Gasteiger partial charge is 0.340 e. The molecule has 114 valence electrons. The molecule has 0 radical (unpaired) electrons. The first-order valence-corrected chi connectivity index (χ1v) is 6.68. The van der Waals surface area contributed by atoms with Crippen LogP contribution in [0.2, 0.25) is 0 Å². The van der Waals surface area contributed by atoms with Gasteiger partial charge < -0.3 is 14.6 Å². The molecule has 5 nitrogen and oxygen atoms in total. The van der Waals surface area contributed by atoms with E-state index in [-0.39, 0.29) is 5.78 Å². The summed E-state index contributed by atoms with van der Waals surface area (Å²) in [6.45, 7) is -0.422. The van der Waals surface area contributed by atoms with Gasteiger partial charge in [0.15, 0.2) is 18.5 Å². The highest BCUT2D eigenvalue weighted by Gasteiger charge is 2.20. The van der Waals surface area contributed by atoms with Gasteiger partial charge in [-0.3, -0.25) is 4.79 Å². The molecule has 1 atom stereocenters. The molecule has 0 heterocycles. The minimum Gasteiger partial charge on any atom is -0.497 e. The third kappa shape index (κ3) is 3.93. The highest BCUT2D eigenvalue weighted by molar-refractivity contribution is 5.98. The van der Waals surface area contributed by atoms with Crippen molar-refractivity contribution in [2.75, 3.05) is 13.7 Å². The summed E-state index contributed by atoms with van der Waals surface area (Å²) >= 11 is 0. The van der Waals surface area contributed by atoms with Crippen LogP contribution in [0.4, 0.5) is 0 Å². The molecule has 0 fully saturated rings.